The molecule has 1 heterocycles. The minimum absolute atomic E-state index is 0.0112. The van der Waals surface area contributed by atoms with Crippen molar-refractivity contribution in [2.24, 2.45) is 0 Å². The lowest BCUT2D eigenvalue weighted by molar-refractivity contribution is -0.158. The molecule has 0 radical (unpaired) electrons. The first-order valence-electron chi connectivity index (χ1n) is 24.4. The molecule has 0 unspecified atom stereocenters. The molecule has 1 N–H and O–H groups in total. The van der Waals surface area contributed by atoms with Crippen LogP contribution in [0.3, 0.4) is 0 Å². The van der Waals surface area contributed by atoms with Crippen LogP contribution in [0.15, 0.2) is 0 Å². The van der Waals surface area contributed by atoms with Crippen molar-refractivity contribution in [3.8, 4) is 0 Å². The summed E-state index contributed by atoms with van der Waals surface area (Å²) in [6.45, 7) is 35.9. The van der Waals surface area contributed by atoms with Gasteiger partial charge in [0, 0.05) is 65.3 Å². The molecule has 0 spiro atoms. The monoisotopic (exact) mass is 1030 g/mol. The van der Waals surface area contributed by atoms with Crippen LogP contribution in [0.4, 0.5) is 0 Å². The second-order valence-corrected chi connectivity index (χ2v) is 31.1. The average Bonchev–Trinajstić information content (AvgIpc) is 3.14. The van der Waals surface area contributed by atoms with E-state index in [0.29, 0.717) is 52.4 Å². The summed E-state index contributed by atoms with van der Waals surface area (Å²) in [4.78, 5) is 61.2. The maximum Gasteiger partial charge on any atom is 0.373 e. The van der Waals surface area contributed by atoms with Crippen LogP contribution in [0, 0.1) is 0 Å². The minimum atomic E-state index is -4.42. The molecule has 0 saturated carbocycles. The van der Waals surface area contributed by atoms with Crippen LogP contribution < -0.4 is 5.32 Å². The zero-order chi connectivity index (χ0) is 52.4. The molecule has 1 aliphatic rings. The van der Waals surface area contributed by atoms with E-state index in [2.05, 4.69) is 5.32 Å². The summed E-state index contributed by atoms with van der Waals surface area (Å²) in [5, 5.41) is 0.420. The molecule has 0 aliphatic carbocycles. The Bertz CT molecular complexity index is 1580. The van der Waals surface area contributed by atoms with Gasteiger partial charge in [0.2, 0.25) is 5.91 Å². The number of hydrogen-bond acceptors (Lipinski definition) is 18. The molecule has 0 atom stereocenters. The van der Waals surface area contributed by atoms with E-state index in [4.69, 9.17) is 36.7 Å². The van der Waals surface area contributed by atoms with Crippen LogP contribution in [-0.2, 0) is 65.0 Å². The molecule has 19 nitrogen and oxygen atoms in total. The lowest BCUT2D eigenvalue weighted by Gasteiger charge is -2.49. The molecule has 68 heavy (non-hydrogen) atoms. The Labute approximate surface area is 411 Å². The van der Waals surface area contributed by atoms with Crippen molar-refractivity contribution in [2.75, 3.05) is 112 Å². The second kappa shape index (κ2) is 27.9. The Kier molecular flexibility index (Phi) is 26.3. The number of nitrogens with one attached hydrogen (secondary N) is 1. The molecule has 1 amide bonds. The van der Waals surface area contributed by atoms with Crippen molar-refractivity contribution >= 4 is 47.3 Å². The van der Waals surface area contributed by atoms with Crippen LogP contribution in [0.25, 0.3) is 0 Å². The molecule has 0 aromatic heterocycles. The fourth-order valence-corrected chi connectivity index (χ4v) is 15.6. The third-order valence-electron chi connectivity index (χ3n) is 10.9. The van der Waals surface area contributed by atoms with Gasteiger partial charge in [-0.2, -0.15) is 0 Å². The number of rotatable bonds is 24. The first-order chi connectivity index (χ1) is 31.1. The van der Waals surface area contributed by atoms with E-state index < -0.39 is 62.4 Å². The molecule has 1 fully saturated rings. The Hall–Kier alpha value is -1.80. The van der Waals surface area contributed by atoms with Crippen molar-refractivity contribution in [2.45, 2.75) is 164 Å². The van der Waals surface area contributed by atoms with Gasteiger partial charge in [0.1, 0.15) is 16.8 Å². The van der Waals surface area contributed by atoms with Crippen molar-refractivity contribution in [1.29, 1.82) is 0 Å². The molecule has 0 bridgehead atoms. The van der Waals surface area contributed by atoms with Crippen LogP contribution in [0.1, 0.15) is 124 Å². The number of hydrogen-bond donors (Lipinski definition) is 1. The van der Waals surface area contributed by atoms with Crippen molar-refractivity contribution < 1.29 is 65.0 Å². The van der Waals surface area contributed by atoms with E-state index in [0.717, 1.165) is 0 Å². The van der Waals surface area contributed by atoms with Gasteiger partial charge in [-0.3, -0.25) is 47.9 Å². The zero-order valence-corrected chi connectivity index (χ0v) is 48.1. The number of carbonyl (C=O) groups excluding carboxylic acids is 4. The highest BCUT2D eigenvalue weighted by molar-refractivity contribution is 7.74. The van der Waals surface area contributed by atoms with E-state index in [-0.39, 0.29) is 83.9 Å². The second-order valence-electron chi connectivity index (χ2n) is 21.6. The van der Waals surface area contributed by atoms with Gasteiger partial charge in [-0.1, -0.05) is 20.8 Å². The van der Waals surface area contributed by atoms with Crippen molar-refractivity contribution in [1.82, 2.24) is 24.9 Å². The molecule has 22 heteroatoms. The standard InChI is InChI=1S/C46H93N5O14P2Si/c1-19-58-66(56,59-20-2)46(65-68(17,18)45(14,15)16,67(57,60-21-3)61-22-4)24-23-25-47-38(52)34-48-26-28-49(35-39(53)62-42(5,6)7)30-32-51(37-41(55)64-44(11,12)13)33-31-50(29-27-48)36-40(54)63-43(8,9)10/h19-37H2,1-18H3,(H,47,52). The molecular weight excluding hydrogens is 937 g/mol. The molecule has 1 rings (SSSR count). The highest BCUT2D eigenvalue weighted by Gasteiger charge is 2.68. The summed E-state index contributed by atoms with van der Waals surface area (Å²) in [6.07, 6.45) is -0.00990. The lowest BCUT2D eigenvalue weighted by Crippen LogP contribution is -2.51. The molecule has 1 saturated heterocycles. The normalized spacial score (nSPS) is 17.0. The SMILES string of the molecule is CCOP(=O)(OCC)C(CCCNC(=O)CN1CCN(CC(=O)OC(C)(C)C)CCN(CC(=O)OC(C)(C)C)CCN(CC(=O)OC(C)(C)C)CC1)(O[Si](C)(C)C(C)(C)C)P(=O)(OCC)OCC. The smallest absolute Gasteiger partial charge is 0.373 e. The van der Waals surface area contributed by atoms with Gasteiger partial charge in [0.15, 0.2) is 8.32 Å². The summed E-state index contributed by atoms with van der Waals surface area (Å²) in [5.74, 6) is -1.50. The number of esters is 3. The molecule has 0 aromatic carbocycles. The Morgan fingerprint density at radius 3 is 1.03 bits per heavy atom. The van der Waals surface area contributed by atoms with Gasteiger partial charge < -0.3 is 42.0 Å². The number of ether oxygens (including phenoxy) is 3. The number of amides is 1. The number of carbonyl (C=O) groups is 4. The molecule has 400 valence electrons. The fraction of sp³-hybridized carbons (Fsp3) is 0.913. The predicted molar refractivity (Wildman–Crippen MR) is 268 cm³/mol. The van der Waals surface area contributed by atoms with Gasteiger partial charge in [-0.05, 0) is 115 Å². The Morgan fingerprint density at radius 2 is 0.779 bits per heavy atom. The van der Waals surface area contributed by atoms with Crippen LogP contribution >= 0.6 is 15.2 Å². The van der Waals surface area contributed by atoms with Crippen LogP contribution in [0.5, 0.6) is 0 Å². The van der Waals surface area contributed by atoms with Gasteiger partial charge in [0.05, 0.1) is 52.6 Å². The maximum absolute atomic E-state index is 15.2. The minimum Gasteiger partial charge on any atom is -0.459 e. The summed E-state index contributed by atoms with van der Waals surface area (Å²) < 4.78 is 78.1. The maximum atomic E-state index is 15.2. The number of nitrogens with zero attached hydrogens (tertiary/aromatic N) is 4. The lowest BCUT2D eigenvalue weighted by atomic mass is 10.2. The van der Waals surface area contributed by atoms with E-state index in [1.807, 2.05) is 116 Å². The van der Waals surface area contributed by atoms with Crippen molar-refractivity contribution in [3.63, 3.8) is 0 Å². The summed E-state index contributed by atoms with van der Waals surface area (Å²) in [6, 6.07) is 0. The van der Waals surface area contributed by atoms with Gasteiger partial charge in [0.25, 0.3) is 5.08 Å². The first-order valence-corrected chi connectivity index (χ1v) is 30.4. The predicted octanol–water partition coefficient (Wildman–Crippen LogP) is 7.34. The van der Waals surface area contributed by atoms with Crippen LogP contribution in [-0.4, -0.2) is 185 Å². The van der Waals surface area contributed by atoms with Gasteiger partial charge in [-0.15, -0.1) is 0 Å². The highest BCUT2D eigenvalue weighted by Crippen LogP contribution is 2.80. The van der Waals surface area contributed by atoms with Gasteiger partial charge >= 0.3 is 33.1 Å². The zero-order valence-electron chi connectivity index (χ0n) is 45.3. The summed E-state index contributed by atoms with van der Waals surface area (Å²) in [7, 11) is -11.8. The van der Waals surface area contributed by atoms with Crippen molar-refractivity contribution in [3.05, 3.63) is 0 Å². The molecule has 0 aromatic rings. The van der Waals surface area contributed by atoms with E-state index in [1.165, 1.54) is 0 Å². The molecule has 1 aliphatic heterocycles. The third-order valence-corrected chi connectivity index (χ3v) is 21.9. The van der Waals surface area contributed by atoms with E-state index >= 15 is 9.13 Å². The topological polar surface area (TPSA) is 201 Å². The fourth-order valence-electron chi connectivity index (χ4n) is 6.99. The quantitative estimate of drug-likeness (QED) is 0.0331. The summed E-state index contributed by atoms with van der Waals surface area (Å²) >= 11 is 0. The van der Waals surface area contributed by atoms with Crippen LogP contribution in [0.2, 0.25) is 18.1 Å². The first kappa shape index (κ1) is 64.2. The summed E-state index contributed by atoms with van der Waals surface area (Å²) in [5.41, 5.74) is -2.07. The largest absolute Gasteiger partial charge is 0.459 e. The Morgan fingerprint density at radius 1 is 0.500 bits per heavy atom. The average molecular weight is 1030 g/mol. The molecular formula is C46H93N5O14P2Si. The van der Waals surface area contributed by atoms with E-state index in [1.54, 1.807) is 27.7 Å². The highest BCUT2D eigenvalue weighted by atomic mass is 31.2. The Balaban J connectivity index is 3.60. The van der Waals surface area contributed by atoms with E-state index in [9.17, 15) is 19.2 Å². The third kappa shape index (κ3) is 22.7. The van der Waals surface area contributed by atoms with Gasteiger partial charge in [-0.25, -0.2) is 0 Å².